The zero-order valence-corrected chi connectivity index (χ0v) is 14.2. The van der Waals surface area contributed by atoms with Gasteiger partial charge in [0, 0.05) is 23.6 Å². The van der Waals surface area contributed by atoms with Crippen molar-refractivity contribution in [1.82, 2.24) is 9.97 Å². The van der Waals surface area contributed by atoms with E-state index < -0.39 is 0 Å². The third kappa shape index (κ3) is 3.61. The first-order valence-electron chi connectivity index (χ1n) is 8.21. The third-order valence-electron chi connectivity index (χ3n) is 3.82. The molecule has 0 saturated carbocycles. The van der Waals surface area contributed by atoms with E-state index in [4.69, 9.17) is 14.2 Å². The molecule has 26 heavy (non-hydrogen) atoms. The van der Waals surface area contributed by atoms with Crippen LogP contribution in [0, 0.1) is 0 Å². The molecule has 0 fully saturated rings. The van der Waals surface area contributed by atoms with E-state index in [0.29, 0.717) is 25.0 Å². The van der Waals surface area contributed by atoms with Gasteiger partial charge in [-0.3, -0.25) is 0 Å². The predicted molar refractivity (Wildman–Crippen MR) is 99.0 cm³/mol. The van der Waals surface area contributed by atoms with Crippen molar-refractivity contribution in [2.75, 3.05) is 31.0 Å². The molecule has 1 aromatic heterocycles. The van der Waals surface area contributed by atoms with Gasteiger partial charge in [0.15, 0.2) is 11.5 Å². The maximum atomic E-state index is 5.60. The molecule has 3 aromatic rings. The maximum absolute atomic E-state index is 5.60. The molecule has 0 unspecified atom stereocenters. The van der Waals surface area contributed by atoms with Gasteiger partial charge in [0.2, 0.25) is 5.95 Å². The number of hydrogen-bond acceptors (Lipinski definition) is 7. The molecule has 0 aliphatic carbocycles. The van der Waals surface area contributed by atoms with Crippen LogP contribution in [0.5, 0.6) is 17.2 Å². The van der Waals surface area contributed by atoms with Gasteiger partial charge in [-0.2, -0.15) is 4.98 Å². The number of hydrogen-bond donors (Lipinski definition) is 2. The molecule has 4 rings (SSSR count). The Labute approximate surface area is 151 Å². The van der Waals surface area contributed by atoms with Crippen LogP contribution in [0.4, 0.5) is 23.1 Å². The first kappa shape index (κ1) is 16.0. The summed E-state index contributed by atoms with van der Waals surface area (Å²) in [5.41, 5.74) is 1.74. The van der Waals surface area contributed by atoms with Crippen molar-refractivity contribution in [2.24, 2.45) is 0 Å². The van der Waals surface area contributed by atoms with Crippen LogP contribution in [0.25, 0.3) is 0 Å². The highest BCUT2D eigenvalue weighted by molar-refractivity contribution is 5.63. The molecule has 132 valence electrons. The molecule has 1 aliphatic rings. The number of nitrogens with zero attached hydrogens (tertiary/aromatic N) is 2. The molecule has 0 bridgehead atoms. The number of anilines is 4. The van der Waals surface area contributed by atoms with Crippen LogP contribution in [0.2, 0.25) is 0 Å². The number of aromatic nitrogens is 2. The molecule has 0 saturated heterocycles. The molecule has 0 atom stereocenters. The molecule has 2 heterocycles. The third-order valence-corrected chi connectivity index (χ3v) is 3.82. The van der Waals surface area contributed by atoms with Crippen LogP contribution in [-0.4, -0.2) is 30.3 Å². The predicted octanol–water partition coefficient (Wildman–Crippen LogP) is 3.74. The van der Waals surface area contributed by atoms with Crippen molar-refractivity contribution in [2.45, 2.75) is 0 Å². The fourth-order valence-electron chi connectivity index (χ4n) is 2.56. The molecule has 0 spiro atoms. The second-order valence-corrected chi connectivity index (χ2v) is 5.60. The van der Waals surface area contributed by atoms with Crippen LogP contribution < -0.4 is 24.8 Å². The number of nitrogens with one attached hydrogen (secondary N) is 2. The van der Waals surface area contributed by atoms with Crippen molar-refractivity contribution in [1.29, 1.82) is 0 Å². The first-order chi connectivity index (χ1) is 12.8. The Morgan fingerprint density at radius 1 is 0.885 bits per heavy atom. The Morgan fingerprint density at radius 3 is 2.46 bits per heavy atom. The van der Waals surface area contributed by atoms with Crippen molar-refractivity contribution in [3.63, 3.8) is 0 Å². The summed E-state index contributed by atoms with van der Waals surface area (Å²) in [5.74, 6) is 3.45. The number of benzene rings is 2. The van der Waals surface area contributed by atoms with E-state index in [-0.39, 0.29) is 0 Å². The van der Waals surface area contributed by atoms with Gasteiger partial charge < -0.3 is 24.8 Å². The smallest absolute Gasteiger partial charge is 0.229 e. The number of fused-ring (bicyclic) bond motifs is 1. The van der Waals surface area contributed by atoms with Gasteiger partial charge in [-0.1, -0.05) is 0 Å². The highest BCUT2D eigenvalue weighted by atomic mass is 16.6. The zero-order chi connectivity index (χ0) is 17.8. The molecule has 0 radical (unpaired) electrons. The Balaban J connectivity index is 1.48. The van der Waals surface area contributed by atoms with E-state index in [1.165, 1.54) is 0 Å². The van der Waals surface area contributed by atoms with Gasteiger partial charge in [0.25, 0.3) is 0 Å². The van der Waals surface area contributed by atoms with E-state index in [2.05, 4.69) is 20.6 Å². The van der Waals surface area contributed by atoms with Crippen LogP contribution in [0.3, 0.4) is 0 Å². The van der Waals surface area contributed by atoms with Crippen molar-refractivity contribution < 1.29 is 14.2 Å². The Morgan fingerprint density at radius 2 is 1.65 bits per heavy atom. The standard InChI is InChI=1S/C19H18N4O3/c1-24-15-5-2-13(3-6-15)22-19-20-9-8-18(23-19)21-14-4-7-16-17(12-14)26-11-10-25-16/h2-9,12H,10-11H2,1H3,(H2,20,21,22,23). The number of ether oxygens (including phenoxy) is 3. The lowest BCUT2D eigenvalue weighted by atomic mass is 10.2. The summed E-state index contributed by atoms with van der Waals surface area (Å²) in [7, 11) is 1.64. The minimum absolute atomic E-state index is 0.498. The zero-order valence-electron chi connectivity index (χ0n) is 14.2. The normalized spacial score (nSPS) is 12.3. The molecule has 0 amide bonds. The lowest BCUT2D eigenvalue weighted by molar-refractivity contribution is 0.171. The summed E-state index contributed by atoms with van der Waals surface area (Å²) < 4.78 is 16.3. The summed E-state index contributed by atoms with van der Waals surface area (Å²) in [6.45, 7) is 1.13. The summed E-state index contributed by atoms with van der Waals surface area (Å²) in [6, 6.07) is 15.1. The fraction of sp³-hybridized carbons (Fsp3) is 0.158. The summed E-state index contributed by atoms with van der Waals surface area (Å²) in [4.78, 5) is 8.73. The molecular formula is C19H18N4O3. The Kier molecular flexibility index (Phi) is 4.42. The summed E-state index contributed by atoms with van der Waals surface area (Å²) >= 11 is 0. The SMILES string of the molecule is COc1ccc(Nc2nccc(Nc3ccc4c(c3)OCCO4)n2)cc1. The Bertz CT molecular complexity index is 900. The molecular weight excluding hydrogens is 332 g/mol. The molecule has 2 N–H and O–H groups in total. The molecule has 7 heteroatoms. The van der Waals surface area contributed by atoms with Gasteiger partial charge >= 0.3 is 0 Å². The second-order valence-electron chi connectivity index (χ2n) is 5.60. The van der Waals surface area contributed by atoms with E-state index in [1.807, 2.05) is 42.5 Å². The molecule has 1 aliphatic heterocycles. The quantitative estimate of drug-likeness (QED) is 0.726. The van der Waals surface area contributed by atoms with Gasteiger partial charge in [-0.15, -0.1) is 0 Å². The fourth-order valence-corrected chi connectivity index (χ4v) is 2.56. The molecule has 2 aromatic carbocycles. The van der Waals surface area contributed by atoms with Crippen LogP contribution in [-0.2, 0) is 0 Å². The first-order valence-corrected chi connectivity index (χ1v) is 8.21. The van der Waals surface area contributed by atoms with Gasteiger partial charge in [-0.05, 0) is 42.5 Å². The van der Waals surface area contributed by atoms with Crippen molar-refractivity contribution in [3.8, 4) is 17.2 Å². The van der Waals surface area contributed by atoms with Gasteiger partial charge in [0.05, 0.1) is 7.11 Å². The second kappa shape index (κ2) is 7.18. The summed E-state index contributed by atoms with van der Waals surface area (Å²) in [5, 5.41) is 6.42. The maximum Gasteiger partial charge on any atom is 0.229 e. The lowest BCUT2D eigenvalue weighted by Gasteiger charge is -2.19. The average Bonchev–Trinajstić information content (AvgIpc) is 2.69. The minimum Gasteiger partial charge on any atom is -0.497 e. The lowest BCUT2D eigenvalue weighted by Crippen LogP contribution is -2.15. The Hall–Kier alpha value is -3.48. The monoisotopic (exact) mass is 350 g/mol. The van der Waals surface area contributed by atoms with Crippen LogP contribution >= 0.6 is 0 Å². The average molecular weight is 350 g/mol. The van der Waals surface area contributed by atoms with Crippen LogP contribution in [0.15, 0.2) is 54.7 Å². The van der Waals surface area contributed by atoms with Crippen molar-refractivity contribution >= 4 is 23.1 Å². The minimum atomic E-state index is 0.498. The number of methoxy groups -OCH3 is 1. The van der Waals surface area contributed by atoms with Crippen molar-refractivity contribution in [3.05, 3.63) is 54.7 Å². The number of rotatable bonds is 5. The van der Waals surface area contributed by atoms with Gasteiger partial charge in [0.1, 0.15) is 24.8 Å². The van der Waals surface area contributed by atoms with Crippen LogP contribution in [0.1, 0.15) is 0 Å². The van der Waals surface area contributed by atoms with E-state index in [0.717, 1.165) is 28.6 Å². The summed E-state index contributed by atoms with van der Waals surface area (Å²) in [6.07, 6.45) is 1.69. The van der Waals surface area contributed by atoms with Gasteiger partial charge in [-0.25, -0.2) is 4.98 Å². The highest BCUT2D eigenvalue weighted by Crippen LogP contribution is 2.33. The highest BCUT2D eigenvalue weighted by Gasteiger charge is 2.12. The molecule has 7 nitrogen and oxygen atoms in total. The topological polar surface area (TPSA) is 77.5 Å². The van der Waals surface area contributed by atoms with E-state index in [1.54, 1.807) is 19.4 Å². The largest absolute Gasteiger partial charge is 0.497 e. The van der Waals surface area contributed by atoms with E-state index >= 15 is 0 Å². The van der Waals surface area contributed by atoms with E-state index in [9.17, 15) is 0 Å².